The molecule has 0 aromatic heterocycles. The molecule has 0 saturated heterocycles. The molecular formula is C16H25BrN2. The monoisotopic (exact) mass is 324 g/mol. The Morgan fingerprint density at radius 1 is 1.32 bits per heavy atom. The number of rotatable bonds is 4. The maximum atomic E-state index is 6.12. The van der Waals surface area contributed by atoms with Crippen molar-refractivity contribution in [2.75, 3.05) is 13.6 Å². The minimum atomic E-state index is 0.172. The SMILES string of the molecule is CN(Cc1cccc(Br)c1)C1(CN)CCC(C)(C)C1. The highest BCUT2D eigenvalue weighted by molar-refractivity contribution is 9.10. The minimum absolute atomic E-state index is 0.172. The highest BCUT2D eigenvalue weighted by Crippen LogP contribution is 2.46. The average Bonchev–Trinajstić information content (AvgIpc) is 2.66. The van der Waals surface area contributed by atoms with Crippen LogP contribution >= 0.6 is 15.9 Å². The van der Waals surface area contributed by atoms with Gasteiger partial charge in [0, 0.05) is 23.1 Å². The van der Waals surface area contributed by atoms with E-state index in [1.165, 1.54) is 24.8 Å². The molecule has 19 heavy (non-hydrogen) atoms. The summed E-state index contributed by atoms with van der Waals surface area (Å²) in [6.45, 7) is 6.43. The smallest absolute Gasteiger partial charge is 0.0337 e. The number of likely N-dealkylation sites (N-methyl/N-ethyl adjacent to an activating group) is 1. The van der Waals surface area contributed by atoms with Crippen LogP contribution in [0.3, 0.4) is 0 Å². The Morgan fingerprint density at radius 2 is 2.05 bits per heavy atom. The van der Waals surface area contributed by atoms with E-state index in [1.54, 1.807) is 0 Å². The van der Waals surface area contributed by atoms with Crippen molar-refractivity contribution in [2.45, 2.75) is 45.2 Å². The molecule has 0 radical (unpaired) electrons. The fourth-order valence-electron chi connectivity index (χ4n) is 3.37. The molecule has 0 aliphatic heterocycles. The summed E-state index contributed by atoms with van der Waals surface area (Å²) in [5, 5.41) is 0. The largest absolute Gasteiger partial charge is 0.329 e. The van der Waals surface area contributed by atoms with Gasteiger partial charge in [-0.05, 0) is 49.4 Å². The summed E-state index contributed by atoms with van der Waals surface area (Å²) in [4.78, 5) is 2.46. The maximum absolute atomic E-state index is 6.12. The van der Waals surface area contributed by atoms with Gasteiger partial charge in [-0.1, -0.05) is 41.9 Å². The molecule has 106 valence electrons. The van der Waals surface area contributed by atoms with Gasteiger partial charge in [0.15, 0.2) is 0 Å². The predicted octanol–water partition coefficient (Wildman–Crippen LogP) is 3.79. The molecule has 0 amide bonds. The lowest BCUT2D eigenvalue weighted by molar-refractivity contribution is 0.111. The van der Waals surface area contributed by atoms with Gasteiger partial charge in [-0.15, -0.1) is 0 Å². The first-order valence-electron chi connectivity index (χ1n) is 7.03. The molecule has 1 aliphatic carbocycles. The summed E-state index contributed by atoms with van der Waals surface area (Å²) in [7, 11) is 2.22. The Bertz CT molecular complexity index is 444. The number of nitrogens with zero attached hydrogens (tertiary/aromatic N) is 1. The predicted molar refractivity (Wildman–Crippen MR) is 85.0 cm³/mol. The molecular weight excluding hydrogens is 300 g/mol. The second-order valence-corrected chi connectivity index (χ2v) is 7.67. The molecule has 1 fully saturated rings. The Labute approximate surface area is 125 Å². The van der Waals surface area contributed by atoms with E-state index in [9.17, 15) is 0 Å². The fourth-order valence-corrected chi connectivity index (χ4v) is 3.82. The van der Waals surface area contributed by atoms with Gasteiger partial charge in [0.05, 0.1) is 0 Å². The zero-order valence-electron chi connectivity index (χ0n) is 12.2. The lowest BCUT2D eigenvalue weighted by Crippen LogP contribution is -2.50. The van der Waals surface area contributed by atoms with Crippen LogP contribution in [-0.2, 0) is 6.54 Å². The van der Waals surface area contributed by atoms with Crippen molar-refractivity contribution in [1.29, 1.82) is 0 Å². The molecule has 1 aliphatic rings. The van der Waals surface area contributed by atoms with E-state index >= 15 is 0 Å². The van der Waals surface area contributed by atoms with Crippen LogP contribution in [0.1, 0.15) is 38.7 Å². The van der Waals surface area contributed by atoms with Crippen molar-refractivity contribution in [3.8, 4) is 0 Å². The molecule has 2 rings (SSSR count). The summed E-state index contributed by atoms with van der Waals surface area (Å²) in [5.41, 5.74) is 8.06. The number of nitrogens with two attached hydrogens (primary N) is 1. The zero-order chi connectivity index (χ0) is 14.1. The molecule has 3 heteroatoms. The van der Waals surface area contributed by atoms with Crippen molar-refractivity contribution < 1.29 is 0 Å². The molecule has 1 aromatic rings. The first-order chi connectivity index (χ1) is 8.87. The minimum Gasteiger partial charge on any atom is -0.329 e. The van der Waals surface area contributed by atoms with Crippen molar-refractivity contribution in [1.82, 2.24) is 4.90 Å². The normalized spacial score (nSPS) is 26.0. The summed E-state index contributed by atoms with van der Waals surface area (Å²) >= 11 is 3.54. The van der Waals surface area contributed by atoms with Crippen LogP contribution in [0.5, 0.6) is 0 Å². The summed E-state index contributed by atoms with van der Waals surface area (Å²) in [6, 6.07) is 8.55. The van der Waals surface area contributed by atoms with Crippen LogP contribution in [0.4, 0.5) is 0 Å². The lowest BCUT2D eigenvalue weighted by Gasteiger charge is -2.39. The standard InChI is InChI=1S/C16H25BrN2/c1-15(2)7-8-16(11-15,12-18)19(3)10-13-5-4-6-14(17)9-13/h4-6,9H,7-8,10-12,18H2,1-3H3. The van der Waals surface area contributed by atoms with Crippen LogP contribution in [0.15, 0.2) is 28.7 Å². The molecule has 1 atom stereocenters. The van der Waals surface area contributed by atoms with Crippen LogP contribution in [0, 0.1) is 5.41 Å². The number of hydrogen-bond donors (Lipinski definition) is 1. The quantitative estimate of drug-likeness (QED) is 0.913. The van der Waals surface area contributed by atoms with E-state index in [-0.39, 0.29) is 5.54 Å². The first kappa shape index (κ1) is 15.0. The molecule has 1 saturated carbocycles. The third-order valence-corrected chi connectivity index (χ3v) is 5.07. The Morgan fingerprint density at radius 3 is 2.58 bits per heavy atom. The second kappa shape index (κ2) is 5.55. The fraction of sp³-hybridized carbons (Fsp3) is 0.625. The lowest BCUT2D eigenvalue weighted by atomic mass is 9.86. The highest BCUT2D eigenvalue weighted by Gasteiger charge is 2.44. The third kappa shape index (κ3) is 3.39. The van der Waals surface area contributed by atoms with E-state index in [0.29, 0.717) is 5.41 Å². The molecule has 2 N–H and O–H groups in total. The summed E-state index contributed by atoms with van der Waals surface area (Å²) in [5.74, 6) is 0. The van der Waals surface area contributed by atoms with Crippen LogP contribution in [0.2, 0.25) is 0 Å². The van der Waals surface area contributed by atoms with Gasteiger partial charge in [0.1, 0.15) is 0 Å². The average molecular weight is 325 g/mol. The van der Waals surface area contributed by atoms with Gasteiger partial charge < -0.3 is 5.73 Å². The van der Waals surface area contributed by atoms with Gasteiger partial charge in [-0.25, -0.2) is 0 Å². The highest BCUT2D eigenvalue weighted by atomic mass is 79.9. The van der Waals surface area contributed by atoms with E-state index in [2.05, 4.69) is 66.0 Å². The van der Waals surface area contributed by atoms with Gasteiger partial charge in [-0.3, -0.25) is 4.90 Å². The van der Waals surface area contributed by atoms with Crippen LogP contribution in [0.25, 0.3) is 0 Å². The van der Waals surface area contributed by atoms with Gasteiger partial charge in [0.2, 0.25) is 0 Å². The number of hydrogen-bond acceptors (Lipinski definition) is 2. The van der Waals surface area contributed by atoms with E-state index in [4.69, 9.17) is 5.73 Å². The van der Waals surface area contributed by atoms with E-state index in [0.717, 1.165) is 17.6 Å². The summed E-state index contributed by atoms with van der Waals surface area (Å²) in [6.07, 6.45) is 3.68. The number of halogens is 1. The number of benzene rings is 1. The van der Waals surface area contributed by atoms with E-state index in [1.807, 2.05) is 0 Å². The van der Waals surface area contributed by atoms with Crippen molar-refractivity contribution in [2.24, 2.45) is 11.1 Å². The van der Waals surface area contributed by atoms with Gasteiger partial charge >= 0.3 is 0 Å². The molecule has 1 unspecified atom stereocenters. The second-order valence-electron chi connectivity index (χ2n) is 6.76. The Balaban J connectivity index is 2.12. The van der Waals surface area contributed by atoms with Gasteiger partial charge in [0.25, 0.3) is 0 Å². The zero-order valence-corrected chi connectivity index (χ0v) is 13.8. The van der Waals surface area contributed by atoms with Gasteiger partial charge in [-0.2, -0.15) is 0 Å². The third-order valence-electron chi connectivity index (χ3n) is 4.57. The molecule has 0 bridgehead atoms. The van der Waals surface area contributed by atoms with Crippen molar-refractivity contribution in [3.05, 3.63) is 34.3 Å². The van der Waals surface area contributed by atoms with Crippen LogP contribution < -0.4 is 5.73 Å². The maximum Gasteiger partial charge on any atom is 0.0337 e. The topological polar surface area (TPSA) is 29.3 Å². The summed E-state index contributed by atoms with van der Waals surface area (Å²) < 4.78 is 1.15. The van der Waals surface area contributed by atoms with Crippen molar-refractivity contribution in [3.63, 3.8) is 0 Å². The van der Waals surface area contributed by atoms with Crippen molar-refractivity contribution >= 4 is 15.9 Å². The Hall–Kier alpha value is -0.380. The van der Waals surface area contributed by atoms with Crippen LogP contribution in [-0.4, -0.2) is 24.0 Å². The molecule has 1 aromatic carbocycles. The molecule has 2 nitrogen and oxygen atoms in total. The van der Waals surface area contributed by atoms with E-state index < -0.39 is 0 Å². The first-order valence-corrected chi connectivity index (χ1v) is 7.82. The Kier molecular flexibility index (Phi) is 4.38. The molecule has 0 spiro atoms. The molecule has 0 heterocycles.